The summed E-state index contributed by atoms with van der Waals surface area (Å²) in [6.45, 7) is 15.5. The molecule has 0 aromatic carbocycles. The van der Waals surface area contributed by atoms with E-state index >= 15 is 0 Å². The molecule has 0 aliphatic heterocycles. The van der Waals surface area contributed by atoms with Gasteiger partial charge in [-0.1, -0.05) is 48.5 Å². The average molecular weight is 322 g/mol. The summed E-state index contributed by atoms with van der Waals surface area (Å²) in [7, 11) is -1.23. The Morgan fingerprint density at radius 2 is 1.82 bits per heavy atom. The SMILES string of the molecule is C=C/C(=C\C(Br)=C/C)S(=O)NC(C)(C)C.CC. The maximum atomic E-state index is 11.9. The van der Waals surface area contributed by atoms with Crippen LogP contribution in [-0.2, 0) is 11.0 Å². The Kier molecular flexibility index (Phi) is 11.0. The molecule has 1 atom stereocenters. The van der Waals surface area contributed by atoms with E-state index in [4.69, 9.17) is 0 Å². The van der Waals surface area contributed by atoms with Gasteiger partial charge in [0.05, 0.1) is 4.91 Å². The molecule has 0 rings (SSSR count). The van der Waals surface area contributed by atoms with E-state index in [-0.39, 0.29) is 5.54 Å². The molecule has 0 heterocycles. The smallest absolute Gasteiger partial charge is 0.125 e. The molecule has 0 aliphatic rings. The van der Waals surface area contributed by atoms with Gasteiger partial charge < -0.3 is 0 Å². The number of hydrogen-bond acceptors (Lipinski definition) is 1. The third-order valence-electron chi connectivity index (χ3n) is 1.37. The summed E-state index contributed by atoms with van der Waals surface area (Å²) in [6, 6.07) is 0. The van der Waals surface area contributed by atoms with Gasteiger partial charge in [0, 0.05) is 10.0 Å². The summed E-state index contributed by atoms with van der Waals surface area (Å²) in [5.74, 6) is 0. The number of allylic oxidation sites excluding steroid dienone is 4. The Bertz CT molecular complexity index is 314. The molecule has 0 amide bonds. The lowest BCUT2D eigenvalue weighted by Gasteiger charge is -2.19. The highest BCUT2D eigenvalue weighted by atomic mass is 79.9. The predicted molar refractivity (Wildman–Crippen MR) is 83.3 cm³/mol. The number of nitrogens with one attached hydrogen (secondary N) is 1. The van der Waals surface area contributed by atoms with Crippen molar-refractivity contribution in [2.24, 2.45) is 0 Å². The zero-order valence-electron chi connectivity index (χ0n) is 11.6. The molecular formula is C13H24BrNOS. The lowest BCUT2D eigenvalue weighted by atomic mass is 10.1. The molecule has 0 bridgehead atoms. The first-order valence-corrected chi connectivity index (χ1v) is 7.60. The van der Waals surface area contributed by atoms with Crippen molar-refractivity contribution in [2.75, 3.05) is 0 Å². The topological polar surface area (TPSA) is 29.1 Å². The van der Waals surface area contributed by atoms with Crippen LogP contribution < -0.4 is 4.72 Å². The van der Waals surface area contributed by atoms with Crippen LogP contribution >= 0.6 is 15.9 Å². The summed E-state index contributed by atoms with van der Waals surface area (Å²) in [5, 5.41) is 0. The molecule has 0 saturated heterocycles. The standard InChI is InChI=1S/C11H18BrNOS.C2H6/c1-6-9(12)8-10(7-2)15(14)13-11(3,4)5;1-2/h6-8,13H,2H2,1,3-5H3;1-2H3/b9-6+,10-8+;. The van der Waals surface area contributed by atoms with Gasteiger partial charge in [0.15, 0.2) is 0 Å². The van der Waals surface area contributed by atoms with E-state index in [1.165, 1.54) is 0 Å². The summed E-state index contributed by atoms with van der Waals surface area (Å²) < 4.78 is 15.7. The highest BCUT2D eigenvalue weighted by molar-refractivity contribution is 9.11. The Hall–Kier alpha value is -0.190. The van der Waals surface area contributed by atoms with Gasteiger partial charge in [-0.15, -0.1) is 0 Å². The Morgan fingerprint density at radius 1 is 1.35 bits per heavy atom. The Balaban J connectivity index is 0. The fourth-order valence-electron chi connectivity index (χ4n) is 0.744. The van der Waals surface area contributed by atoms with Crippen LogP contribution in [0, 0.1) is 0 Å². The van der Waals surface area contributed by atoms with E-state index in [2.05, 4.69) is 27.2 Å². The van der Waals surface area contributed by atoms with E-state index in [1.807, 2.05) is 47.6 Å². The van der Waals surface area contributed by atoms with Crippen LogP contribution in [-0.4, -0.2) is 9.75 Å². The van der Waals surface area contributed by atoms with Gasteiger partial charge in [-0.25, -0.2) is 8.93 Å². The second-order valence-corrected chi connectivity index (χ2v) is 6.17. The van der Waals surface area contributed by atoms with Gasteiger partial charge in [-0.3, -0.25) is 0 Å². The van der Waals surface area contributed by atoms with Gasteiger partial charge in [-0.2, -0.15) is 0 Å². The van der Waals surface area contributed by atoms with Gasteiger partial charge in [0.2, 0.25) is 0 Å². The van der Waals surface area contributed by atoms with Crippen LogP contribution in [0.4, 0.5) is 0 Å². The lowest BCUT2D eigenvalue weighted by molar-refractivity contribution is 0.522. The molecule has 0 aromatic heterocycles. The van der Waals surface area contributed by atoms with E-state index in [9.17, 15) is 4.21 Å². The third-order valence-corrected chi connectivity index (χ3v) is 3.57. The molecule has 100 valence electrons. The largest absolute Gasteiger partial charge is 0.237 e. The highest BCUT2D eigenvalue weighted by Gasteiger charge is 2.14. The summed E-state index contributed by atoms with van der Waals surface area (Å²) in [4.78, 5) is 0.662. The summed E-state index contributed by atoms with van der Waals surface area (Å²) in [6.07, 6.45) is 5.28. The Labute approximate surface area is 117 Å². The molecule has 0 radical (unpaired) electrons. The van der Waals surface area contributed by atoms with Crippen molar-refractivity contribution in [1.82, 2.24) is 4.72 Å². The minimum Gasteiger partial charge on any atom is -0.237 e. The molecule has 17 heavy (non-hydrogen) atoms. The Morgan fingerprint density at radius 3 is 2.12 bits per heavy atom. The molecule has 4 heteroatoms. The fourth-order valence-corrected chi connectivity index (χ4v) is 2.20. The molecule has 0 spiro atoms. The average Bonchev–Trinajstić information content (AvgIpc) is 2.25. The maximum absolute atomic E-state index is 11.9. The van der Waals surface area contributed by atoms with Crippen molar-refractivity contribution >= 4 is 26.9 Å². The van der Waals surface area contributed by atoms with Gasteiger partial charge in [0.1, 0.15) is 11.0 Å². The van der Waals surface area contributed by atoms with Crippen LogP contribution in [0.1, 0.15) is 41.5 Å². The molecule has 0 fully saturated rings. The normalized spacial score (nSPS) is 14.8. The maximum Gasteiger partial charge on any atom is 0.125 e. The monoisotopic (exact) mass is 321 g/mol. The quantitative estimate of drug-likeness (QED) is 0.762. The molecule has 0 saturated carbocycles. The van der Waals surface area contributed by atoms with Crippen molar-refractivity contribution in [2.45, 2.75) is 47.1 Å². The zero-order valence-corrected chi connectivity index (χ0v) is 14.0. The van der Waals surface area contributed by atoms with Gasteiger partial charge >= 0.3 is 0 Å². The highest BCUT2D eigenvalue weighted by Crippen LogP contribution is 2.14. The van der Waals surface area contributed by atoms with E-state index in [0.717, 1.165) is 4.48 Å². The minimum atomic E-state index is -1.23. The zero-order chi connectivity index (χ0) is 14.1. The van der Waals surface area contributed by atoms with Crippen molar-refractivity contribution in [1.29, 1.82) is 0 Å². The van der Waals surface area contributed by atoms with Crippen LogP contribution in [0.2, 0.25) is 0 Å². The lowest BCUT2D eigenvalue weighted by Crippen LogP contribution is -2.37. The van der Waals surface area contributed by atoms with Crippen LogP contribution in [0.15, 0.2) is 34.2 Å². The first kappa shape index (κ1) is 19.2. The van der Waals surface area contributed by atoms with Gasteiger partial charge in [0.25, 0.3) is 0 Å². The molecule has 1 N–H and O–H groups in total. The van der Waals surface area contributed by atoms with Crippen molar-refractivity contribution in [3.63, 3.8) is 0 Å². The van der Waals surface area contributed by atoms with E-state index < -0.39 is 11.0 Å². The second kappa shape index (κ2) is 9.80. The minimum absolute atomic E-state index is 0.185. The van der Waals surface area contributed by atoms with Crippen molar-refractivity contribution < 1.29 is 4.21 Å². The number of rotatable bonds is 4. The third kappa shape index (κ3) is 10.7. The number of halogens is 1. The summed E-state index contributed by atoms with van der Waals surface area (Å²) >= 11 is 3.34. The predicted octanol–water partition coefficient (Wildman–Crippen LogP) is 4.43. The number of hydrogen-bond donors (Lipinski definition) is 1. The van der Waals surface area contributed by atoms with E-state index in [0.29, 0.717) is 4.91 Å². The first-order valence-electron chi connectivity index (χ1n) is 5.65. The summed E-state index contributed by atoms with van der Waals surface area (Å²) in [5.41, 5.74) is -0.185. The molecule has 1 unspecified atom stereocenters. The van der Waals surface area contributed by atoms with Crippen LogP contribution in [0.25, 0.3) is 0 Å². The van der Waals surface area contributed by atoms with Crippen molar-refractivity contribution in [3.05, 3.63) is 34.2 Å². The molecule has 2 nitrogen and oxygen atoms in total. The van der Waals surface area contributed by atoms with Gasteiger partial charge in [-0.05, 0) is 33.8 Å². The molecule has 0 aliphatic carbocycles. The first-order chi connectivity index (χ1) is 7.80. The molecular weight excluding hydrogens is 298 g/mol. The van der Waals surface area contributed by atoms with Crippen LogP contribution in [0.5, 0.6) is 0 Å². The van der Waals surface area contributed by atoms with Crippen LogP contribution in [0.3, 0.4) is 0 Å². The van der Waals surface area contributed by atoms with Crippen molar-refractivity contribution in [3.8, 4) is 0 Å². The molecule has 0 aromatic rings. The second-order valence-electron chi connectivity index (χ2n) is 4.05. The van der Waals surface area contributed by atoms with E-state index in [1.54, 1.807) is 12.2 Å². The fraction of sp³-hybridized carbons (Fsp3) is 0.538.